The molecule has 2 heterocycles. The van der Waals surface area contributed by atoms with Crippen LogP contribution in [0.15, 0.2) is 36.9 Å². The first-order valence-corrected chi connectivity index (χ1v) is 7.35. The largest absolute Gasteiger partial charge is 0.349 e. The van der Waals surface area contributed by atoms with Crippen LogP contribution in [0.3, 0.4) is 0 Å². The van der Waals surface area contributed by atoms with Gasteiger partial charge in [-0.15, -0.1) is 0 Å². The summed E-state index contributed by atoms with van der Waals surface area (Å²) >= 11 is 5.99. The van der Waals surface area contributed by atoms with Gasteiger partial charge in [-0.1, -0.05) is 37.6 Å². The second kappa shape index (κ2) is 5.75. The summed E-state index contributed by atoms with van der Waals surface area (Å²) in [5, 5.41) is 4.88. The molecule has 112 valence electrons. The van der Waals surface area contributed by atoms with Crippen molar-refractivity contribution >= 4 is 11.6 Å². The molecule has 2 unspecified atom stereocenters. The van der Waals surface area contributed by atoms with E-state index in [0.717, 1.165) is 5.56 Å². The van der Waals surface area contributed by atoms with Gasteiger partial charge in [-0.05, 0) is 17.7 Å². The monoisotopic (exact) mass is 307 g/mol. The van der Waals surface area contributed by atoms with Crippen molar-refractivity contribution in [1.29, 1.82) is 0 Å². The maximum absolute atomic E-state index is 6.26. The van der Waals surface area contributed by atoms with Crippen LogP contribution in [0.4, 0.5) is 0 Å². The van der Waals surface area contributed by atoms with Gasteiger partial charge in [0, 0.05) is 10.9 Å². The molecule has 0 spiro atoms. The van der Waals surface area contributed by atoms with Crippen molar-refractivity contribution in [2.75, 3.05) is 6.61 Å². The van der Waals surface area contributed by atoms with Gasteiger partial charge in [0.1, 0.15) is 18.3 Å². The fourth-order valence-electron chi connectivity index (χ4n) is 2.49. The molecular formula is C15H18ClN3O2. The van der Waals surface area contributed by atoms with Crippen LogP contribution in [0, 0.1) is 5.92 Å². The van der Waals surface area contributed by atoms with E-state index in [0.29, 0.717) is 18.2 Å². The summed E-state index contributed by atoms with van der Waals surface area (Å²) < 4.78 is 13.9. The second-order valence-electron chi connectivity index (χ2n) is 5.64. The number of rotatable bonds is 4. The molecule has 1 aromatic carbocycles. The average molecular weight is 308 g/mol. The van der Waals surface area contributed by atoms with Gasteiger partial charge in [-0.3, -0.25) is 0 Å². The van der Waals surface area contributed by atoms with Gasteiger partial charge >= 0.3 is 0 Å². The highest BCUT2D eigenvalue weighted by molar-refractivity contribution is 6.30. The minimum absolute atomic E-state index is 0.218. The molecule has 0 radical (unpaired) electrons. The highest BCUT2D eigenvalue weighted by Crippen LogP contribution is 2.37. The van der Waals surface area contributed by atoms with Crippen molar-refractivity contribution in [3.05, 3.63) is 47.5 Å². The van der Waals surface area contributed by atoms with Crippen molar-refractivity contribution < 1.29 is 9.47 Å². The van der Waals surface area contributed by atoms with Crippen LogP contribution in [0.2, 0.25) is 5.02 Å². The summed E-state index contributed by atoms with van der Waals surface area (Å²) in [5.41, 5.74) is 0.471. The summed E-state index contributed by atoms with van der Waals surface area (Å²) in [6.07, 6.45) is 2.99. The van der Waals surface area contributed by atoms with Crippen molar-refractivity contribution in [3.8, 4) is 0 Å². The van der Waals surface area contributed by atoms with E-state index in [-0.39, 0.29) is 12.2 Å². The lowest BCUT2D eigenvalue weighted by Crippen LogP contribution is -2.35. The number of halogens is 1. The topological polar surface area (TPSA) is 49.2 Å². The van der Waals surface area contributed by atoms with Gasteiger partial charge in [0.25, 0.3) is 0 Å². The SMILES string of the molecule is CC(C)C1OCC(Cn2cncn2)(c2ccc(Cl)cc2)O1. The Hall–Kier alpha value is -1.43. The van der Waals surface area contributed by atoms with E-state index in [2.05, 4.69) is 23.9 Å². The van der Waals surface area contributed by atoms with E-state index in [1.165, 1.54) is 6.33 Å². The zero-order valence-electron chi connectivity index (χ0n) is 12.1. The lowest BCUT2D eigenvalue weighted by Gasteiger charge is -2.28. The van der Waals surface area contributed by atoms with Gasteiger partial charge in [0.2, 0.25) is 0 Å². The van der Waals surface area contributed by atoms with Gasteiger partial charge in [0.05, 0.1) is 13.2 Å². The van der Waals surface area contributed by atoms with E-state index in [9.17, 15) is 0 Å². The number of nitrogens with zero attached hydrogens (tertiary/aromatic N) is 3. The zero-order valence-corrected chi connectivity index (χ0v) is 12.8. The van der Waals surface area contributed by atoms with Gasteiger partial charge < -0.3 is 9.47 Å². The first-order chi connectivity index (χ1) is 10.1. The van der Waals surface area contributed by atoms with Crippen molar-refractivity contribution in [2.24, 2.45) is 5.92 Å². The van der Waals surface area contributed by atoms with Crippen LogP contribution in [0.1, 0.15) is 19.4 Å². The van der Waals surface area contributed by atoms with Crippen molar-refractivity contribution in [1.82, 2.24) is 14.8 Å². The third-order valence-electron chi connectivity index (χ3n) is 3.62. The van der Waals surface area contributed by atoms with Crippen molar-refractivity contribution in [2.45, 2.75) is 32.3 Å². The van der Waals surface area contributed by atoms with Crippen LogP contribution in [-0.4, -0.2) is 27.7 Å². The Balaban J connectivity index is 1.93. The third-order valence-corrected chi connectivity index (χ3v) is 3.87. The molecule has 21 heavy (non-hydrogen) atoms. The average Bonchev–Trinajstić information content (AvgIpc) is 3.10. The van der Waals surface area contributed by atoms with Crippen LogP contribution >= 0.6 is 11.6 Å². The summed E-state index contributed by atoms with van der Waals surface area (Å²) in [5.74, 6) is 0.287. The maximum Gasteiger partial charge on any atom is 0.161 e. The fourth-order valence-corrected chi connectivity index (χ4v) is 2.62. The van der Waals surface area contributed by atoms with E-state index in [1.807, 2.05) is 24.3 Å². The second-order valence-corrected chi connectivity index (χ2v) is 6.07. The number of hydrogen-bond acceptors (Lipinski definition) is 4. The molecule has 0 N–H and O–H groups in total. The molecule has 0 aliphatic carbocycles. The van der Waals surface area contributed by atoms with Gasteiger partial charge in [0.15, 0.2) is 6.29 Å². The standard InChI is InChI=1S/C15H18ClN3O2/c1-11(2)14-20-8-15(21-14,7-19-10-17-9-18-19)12-3-5-13(16)6-4-12/h3-6,9-11,14H,7-8H2,1-2H3. The van der Waals surface area contributed by atoms with Crippen LogP contribution in [-0.2, 0) is 21.6 Å². The molecule has 6 heteroatoms. The maximum atomic E-state index is 6.26. The smallest absolute Gasteiger partial charge is 0.161 e. The fraction of sp³-hybridized carbons (Fsp3) is 0.467. The number of ether oxygens (including phenoxy) is 2. The third kappa shape index (κ3) is 2.95. The lowest BCUT2D eigenvalue weighted by atomic mass is 9.94. The Morgan fingerprint density at radius 2 is 2.14 bits per heavy atom. The van der Waals surface area contributed by atoms with Crippen LogP contribution < -0.4 is 0 Å². The Kier molecular flexibility index (Phi) is 3.97. The first-order valence-electron chi connectivity index (χ1n) is 6.97. The lowest BCUT2D eigenvalue weighted by molar-refractivity contribution is -0.122. The molecule has 5 nitrogen and oxygen atoms in total. The minimum atomic E-state index is -0.562. The van der Waals surface area contributed by atoms with Crippen LogP contribution in [0.25, 0.3) is 0 Å². The van der Waals surface area contributed by atoms with E-state index in [4.69, 9.17) is 21.1 Å². The molecule has 1 aliphatic heterocycles. The minimum Gasteiger partial charge on any atom is -0.349 e. The van der Waals surface area contributed by atoms with Gasteiger partial charge in [-0.2, -0.15) is 5.10 Å². The Labute approximate surface area is 128 Å². The van der Waals surface area contributed by atoms with Crippen LogP contribution in [0.5, 0.6) is 0 Å². The molecule has 3 rings (SSSR count). The zero-order chi connectivity index (χ0) is 14.9. The Morgan fingerprint density at radius 1 is 1.38 bits per heavy atom. The molecule has 2 atom stereocenters. The van der Waals surface area contributed by atoms with Crippen molar-refractivity contribution in [3.63, 3.8) is 0 Å². The molecule has 0 saturated carbocycles. The Bertz CT molecular complexity index is 585. The summed E-state index contributed by atoms with van der Waals surface area (Å²) in [6, 6.07) is 7.69. The number of benzene rings is 1. The molecule has 0 amide bonds. The molecule has 0 bridgehead atoms. The summed E-state index contributed by atoms with van der Waals surface area (Å²) in [7, 11) is 0. The Morgan fingerprint density at radius 3 is 2.71 bits per heavy atom. The molecule has 1 aromatic heterocycles. The van der Waals surface area contributed by atoms with E-state index < -0.39 is 5.60 Å². The molecule has 1 aliphatic rings. The number of hydrogen-bond donors (Lipinski definition) is 0. The highest BCUT2D eigenvalue weighted by atomic mass is 35.5. The number of aromatic nitrogens is 3. The molecule has 1 fully saturated rings. The predicted molar refractivity (Wildman–Crippen MR) is 78.8 cm³/mol. The molecule has 1 saturated heterocycles. The molecular weight excluding hydrogens is 290 g/mol. The highest BCUT2D eigenvalue weighted by Gasteiger charge is 2.44. The van der Waals surface area contributed by atoms with E-state index >= 15 is 0 Å². The predicted octanol–water partition coefficient (Wildman–Crippen LogP) is 2.86. The quantitative estimate of drug-likeness (QED) is 0.871. The summed E-state index contributed by atoms with van der Waals surface area (Å²) in [6.45, 7) is 5.20. The summed E-state index contributed by atoms with van der Waals surface area (Å²) in [4.78, 5) is 3.99. The molecule has 2 aromatic rings. The first kappa shape index (κ1) is 14.5. The normalized spacial score (nSPS) is 25.6. The van der Waals surface area contributed by atoms with Gasteiger partial charge in [-0.25, -0.2) is 9.67 Å². The van der Waals surface area contributed by atoms with E-state index in [1.54, 1.807) is 11.0 Å².